The quantitative estimate of drug-likeness (QED) is 0.900. The minimum Gasteiger partial charge on any atom is -0.264 e. The molecule has 23 heavy (non-hydrogen) atoms. The highest BCUT2D eigenvalue weighted by Gasteiger charge is 2.34. The van der Waals surface area contributed by atoms with Gasteiger partial charge in [-0.25, -0.2) is 8.42 Å². The van der Waals surface area contributed by atoms with Gasteiger partial charge in [0.05, 0.1) is 6.04 Å². The third-order valence-electron chi connectivity index (χ3n) is 5.19. The van der Waals surface area contributed by atoms with E-state index in [1.165, 1.54) is 6.42 Å². The van der Waals surface area contributed by atoms with E-state index < -0.39 is 10.0 Å². The molecule has 0 radical (unpaired) electrons. The van der Waals surface area contributed by atoms with E-state index in [2.05, 4.69) is 18.6 Å². The second kappa shape index (κ2) is 6.11. The Hall–Kier alpha value is -1.62. The van der Waals surface area contributed by atoms with Gasteiger partial charge in [-0.15, -0.1) is 0 Å². The Morgan fingerprint density at radius 3 is 2.52 bits per heavy atom. The SMILES string of the molecule is CC1=C(c2ccccc2)S(=O)(=O)NC1=NC1CCCC(C)C1C. The maximum Gasteiger partial charge on any atom is 0.264 e. The Morgan fingerprint density at radius 2 is 1.83 bits per heavy atom. The Morgan fingerprint density at radius 1 is 1.13 bits per heavy atom. The summed E-state index contributed by atoms with van der Waals surface area (Å²) < 4.78 is 27.7. The van der Waals surface area contributed by atoms with Gasteiger partial charge in [0.15, 0.2) is 0 Å². The van der Waals surface area contributed by atoms with Gasteiger partial charge in [0.2, 0.25) is 0 Å². The number of nitrogens with zero attached hydrogens (tertiary/aromatic N) is 1. The first-order valence-electron chi connectivity index (χ1n) is 8.27. The second-order valence-corrected chi connectivity index (χ2v) is 8.36. The van der Waals surface area contributed by atoms with E-state index in [1.54, 1.807) is 0 Å². The number of hydrogen-bond donors (Lipinski definition) is 1. The normalized spacial score (nSPS) is 32.1. The molecule has 1 aliphatic heterocycles. The van der Waals surface area contributed by atoms with Crippen molar-refractivity contribution < 1.29 is 8.42 Å². The fraction of sp³-hybridized carbons (Fsp3) is 0.500. The molecule has 3 rings (SSSR count). The maximum absolute atomic E-state index is 12.5. The van der Waals surface area contributed by atoms with Crippen LogP contribution in [0.1, 0.15) is 45.6 Å². The van der Waals surface area contributed by atoms with Crippen LogP contribution in [0.25, 0.3) is 4.91 Å². The monoisotopic (exact) mass is 332 g/mol. The van der Waals surface area contributed by atoms with Crippen molar-refractivity contribution in [3.05, 3.63) is 41.5 Å². The zero-order chi connectivity index (χ0) is 16.6. The van der Waals surface area contributed by atoms with Crippen molar-refractivity contribution in [3.8, 4) is 0 Å². The summed E-state index contributed by atoms with van der Waals surface area (Å²) in [6.45, 7) is 6.32. The minimum atomic E-state index is -3.52. The predicted molar refractivity (Wildman–Crippen MR) is 94.5 cm³/mol. The van der Waals surface area contributed by atoms with Crippen LogP contribution in [-0.4, -0.2) is 20.3 Å². The molecule has 1 fully saturated rings. The number of aliphatic imine (C=N–C) groups is 1. The van der Waals surface area contributed by atoms with Crippen LogP contribution in [0.4, 0.5) is 0 Å². The van der Waals surface area contributed by atoms with Gasteiger partial charge in [-0.3, -0.25) is 9.71 Å². The molecule has 0 aromatic heterocycles. The molecule has 1 aromatic rings. The first-order valence-corrected chi connectivity index (χ1v) is 9.76. The standard InChI is InChI=1S/C18H24N2O2S/c1-12-8-7-11-16(13(12)2)19-18-14(3)17(23(21,22)20-18)15-9-5-4-6-10-15/h4-6,9-10,12-13,16H,7-8,11H2,1-3H3,(H,19,20). The summed E-state index contributed by atoms with van der Waals surface area (Å²) in [6.07, 6.45) is 3.43. The van der Waals surface area contributed by atoms with Crippen molar-refractivity contribution in [2.24, 2.45) is 16.8 Å². The summed E-state index contributed by atoms with van der Waals surface area (Å²) in [5, 5.41) is 0. The third-order valence-corrected chi connectivity index (χ3v) is 6.73. The van der Waals surface area contributed by atoms with Gasteiger partial charge >= 0.3 is 0 Å². The van der Waals surface area contributed by atoms with E-state index in [9.17, 15) is 8.42 Å². The Bertz CT molecular complexity index is 750. The molecular formula is C18H24N2O2S. The summed E-state index contributed by atoms with van der Waals surface area (Å²) in [7, 11) is -3.52. The second-order valence-electron chi connectivity index (χ2n) is 6.74. The Kier molecular flexibility index (Phi) is 4.32. The zero-order valence-corrected chi connectivity index (χ0v) is 14.7. The number of amidine groups is 1. The highest BCUT2D eigenvalue weighted by atomic mass is 32.2. The molecule has 5 heteroatoms. The molecule has 1 aliphatic carbocycles. The molecule has 1 heterocycles. The van der Waals surface area contributed by atoms with Crippen LogP contribution in [0.5, 0.6) is 0 Å². The smallest absolute Gasteiger partial charge is 0.264 e. The zero-order valence-electron chi connectivity index (χ0n) is 13.9. The molecule has 0 saturated heterocycles. The van der Waals surface area contributed by atoms with Crippen LogP contribution in [0.15, 0.2) is 40.9 Å². The van der Waals surface area contributed by atoms with Gasteiger partial charge in [-0.2, -0.15) is 0 Å². The summed E-state index contributed by atoms with van der Waals surface area (Å²) in [6, 6.07) is 9.44. The largest absolute Gasteiger partial charge is 0.264 e. The van der Waals surface area contributed by atoms with E-state index in [4.69, 9.17) is 4.99 Å². The molecule has 4 nitrogen and oxygen atoms in total. The molecule has 1 aromatic carbocycles. The molecule has 0 amide bonds. The van der Waals surface area contributed by atoms with E-state index in [0.717, 1.165) is 18.4 Å². The van der Waals surface area contributed by atoms with E-state index in [-0.39, 0.29) is 6.04 Å². The summed E-state index contributed by atoms with van der Waals surface area (Å²) in [4.78, 5) is 5.14. The van der Waals surface area contributed by atoms with Crippen molar-refractivity contribution in [2.45, 2.75) is 46.1 Å². The lowest BCUT2D eigenvalue weighted by atomic mass is 9.78. The molecule has 0 bridgehead atoms. The van der Waals surface area contributed by atoms with E-state index in [1.807, 2.05) is 37.3 Å². The van der Waals surface area contributed by atoms with Crippen molar-refractivity contribution in [2.75, 3.05) is 0 Å². The van der Waals surface area contributed by atoms with Crippen LogP contribution in [0.3, 0.4) is 0 Å². The predicted octanol–water partition coefficient (Wildman–Crippen LogP) is 3.57. The molecule has 3 atom stereocenters. The van der Waals surface area contributed by atoms with Gasteiger partial charge in [0, 0.05) is 5.57 Å². The first kappa shape index (κ1) is 16.2. The maximum atomic E-state index is 12.5. The molecule has 1 saturated carbocycles. The minimum absolute atomic E-state index is 0.196. The number of sulfonamides is 1. The third kappa shape index (κ3) is 3.07. The molecule has 3 unspecified atom stereocenters. The fourth-order valence-corrected chi connectivity index (χ4v) is 5.06. The molecule has 0 spiro atoms. The lowest BCUT2D eigenvalue weighted by Crippen LogP contribution is -2.31. The van der Waals surface area contributed by atoms with Crippen LogP contribution in [-0.2, 0) is 10.0 Å². The first-order chi connectivity index (χ1) is 10.9. The number of hydrogen-bond acceptors (Lipinski definition) is 3. The molecule has 124 valence electrons. The highest BCUT2D eigenvalue weighted by molar-refractivity contribution is 8.00. The lowest BCUT2D eigenvalue weighted by Gasteiger charge is -2.31. The Labute approximate surface area is 138 Å². The summed E-state index contributed by atoms with van der Waals surface area (Å²) >= 11 is 0. The van der Waals surface area contributed by atoms with Crippen molar-refractivity contribution in [1.82, 2.24) is 4.72 Å². The van der Waals surface area contributed by atoms with Crippen molar-refractivity contribution in [3.63, 3.8) is 0 Å². The van der Waals surface area contributed by atoms with Gasteiger partial charge in [-0.1, -0.05) is 57.0 Å². The number of rotatable bonds is 2. The highest BCUT2D eigenvalue weighted by Crippen LogP contribution is 2.34. The topological polar surface area (TPSA) is 58.5 Å². The Balaban J connectivity index is 1.99. The van der Waals surface area contributed by atoms with E-state index in [0.29, 0.717) is 28.1 Å². The van der Waals surface area contributed by atoms with Crippen LogP contribution < -0.4 is 4.72 Å². The average molecular weight is 332 g/mol. The molecular weight excluding hydrogens is 308 g/mol. The van der Waals surface area contributed by atoms with Gasteiger partial charge in [0.1, 0.15) is 10.7 Å². The molecule has 2 aliphatic rings. The van der Waals surface area contributed by atoms with Crippen LogP contribution >= 0.6 is 0 Å². The summed E-state index contributed by atoms with van der Waals surface area (Å²) in [5.41, 5.74) is 1.44. The van der Waals surface area contributed by atoms with E-state index >= 15 is 0 Å². The van der Waals surface area contributed by atoms with Gasteiger partial charge in [-0.05, 0) is 30.7 Å². The number of benzene rings is 1. The van der Waals surface area contributed by atoms with Gasteiger partial charge < -0.3 is 0 Å². The molecule has 1 N–H and O–H groups in total. The summed E-state index contributed by atoms with van der Waals surface area (Å²) in [5.74, 6) is 1.64. The number of nitrogens with one attached hydrogen (secondary N) is 1. The van der Waals surface area contributed by atoms with Crippen LogP contribution in [0.2, 0.25) is 0 Å². The van der Waals surface area contributed by atoms with Crippen LogP contribution in [0, 0.1) is 11.8 Å². The van der Waals surface area contributed by atoms with Crippen molar-refractivity contribution >= 4 is 20.8 Å². The van der Waals surface area contributed by atoms with Gasteiger partial charge in [0.25, 0.3) is 10.0 Å². The van der Waals surface area contributed by atoms with Crippen molar-refractivity contribution in [1.29, 1.82) is 0 Å². The fourth-order valence-electron chi connectivity index (χ4n) is 3.55. The average Bonchev–Trinajstić information content (AvgIpc) is 2.74. The lowest BCUT2D eigenvalue weighted by molar-refractivity contribution is 0.241.